The van der Waals surface area contributed by atoms with Crippen LogP contribution in [0.5, 0.6) is 0 Å². The van der Waals surface area contributed by atoms with Gasteiger partial charge < -0.3 is 15.3 Å². The van der Waals surface area contributed by atoms with Crippen LogP contribution in [0.3, 0.4) is 0 Å². The van der Waals surface area contributed by atoms with Crippen molar-refractivity contribution in [3.05, 3.63) is 118 Å². The number of aliphatic carboxylic acids is 1. The van der Waals surface area contributed by atoms with E-state index in [2.05, 4.69) is 15.3 Å². The van der Waals surface area contributed by atoms with Gasteiger partial charge in [-0.15, -0.1) is 11.3 Å². The van der Waals surface area contributed by atoms with Crippen LogP contribution in [0.25, 0.3) is 33.6 Å². The molecule has 1 atom stereocenters. The molecule has 0 aliphatic carbocycles. The van der Waals surface area contributed by atoms with E-state index in [0.717, 1.165) is 22.6 Å². The molecule has 268 valence electrons. The highest BCUT2D eigenvalue weighted by molar-refractivity contribution is 7.14. The smallest absolute Gasteiger partial charge is 0.416 e. The van der Waals surface area contributed by atoms with Gasteiger partial charge in [0.25, 0.3) is 5.91 Å². The maximum Gasteiger partial charge on any atom is 0.416 e. The van der Waals surface area contributed by atoms with Gasteiger partial charge in [0.05, 0.1) is 16.4 Å². The average Bonchev–Trinajstić information content (AvgIpc) is 3.59. The zero-order chi connectivity index (χ0) is 37.4. The van der Waals surface area contributed by atoms with Crippen LogP contribution in [0, 0.1) is 11.7 Å². The summed E-state index contributed by atoms with van der Waals surface area (Å²) in [5.74, 6) is -2.57. The summed E-state index contributed by atoms with van der Waals surface area (Å²) in [6.45, 7) is 6.30. The van der Waals surface area contributed by atoms with E-state index in [1.165, 1.54) is 52.9 Å². The van der Waals surface area contributed by atoms with Crippen molar-refractivity contribution in [2.75, 3.05) is 13.1 Å². The highest BCUT2D eigenvalue weighted by atomic mass is 32.1. The van der Waals surface area contributed by atoms with Crippen LogP contribution in [-0.4, -0.2) is 56.9 Å². The van der Waals surface area contributed by atoms with Gasteiger partial charge in [-0.25, -0.2) is 14.4 Å². The summed E-state index contributed by atoms with van der Waals surface area (Å²) < 4.78 is 53.9. The van der Waals surface area contributed by atoms with Crippen molar-refractivity contribution < 1.29 is 37.1 Å². The van der Waals surface area contributed by atoms with Gasteiger partial charge in [-0.3, -0.25) is 14.4 Å². The number of thiophene rings is 1. The zero-order valence-electron chi connectivity index (χ0n) is 28.4. The van der Waals surface area contributed by atoms with Crippen LogP contribution < -0.4 is 5.32 Å². The number of alkyl halides is 3. The van der Waals surface area contributed by atoms with Gasteiger partial charge in [0.15, 0.2) is 5.82 Å². The Morgan fingerprint density at radius 3 is 2.04 bits per heavy atom. The van der Waals surface area contributed by atoms with Gasteiger partial charge in [-0.05, 0) is 52.4 Å². The summed E-state index contributed by atoms with van der Waals surface area (Å²) in [6, 6.07) is 18.7. The number of benzene rings is 3. The Bertz CT molecular complexity index is 2100. The van der Waals surface area contributed by atoms with Gasteiger partial charge in [0.1, 0.15) is 11.9 Å². The minimum Gasteiger partial charge on any atom is -0.481 e. The standard InChI is InChI=1S/C39H34F4N4O4S/c1-38(2,3)33-15-14-32(52-33)35(48)46-31(36(49)47-20-27(21-47)37(50)51)16-22-4-6-24(7-5-22)34-44-18-26(19-45-34)29-13-10-25(17-30(29)40)23-8-11-28(12-9-23)39(41,42)43/h4-15,17-19,27,31H,16,20-21H2,1-3H3,(H,46,48)(H,50,51)/t31-/m0/s1. The predicted molar refractivity (Wildman–Crippen MR) is 189 cm³/mol. The van der Waals surface area contributed by atoms with E-state index in [9.17, 15) is 32.7 Å². The number of amides is 2. The molecule has 6 rings (SSSR count). The monoisotopic (exact) mass is 730 g/mol. The summed E-state index contributed by atoms with van der Waals surface area (Å²) in [4.78, 5) is 49.8. The summed E-state index contributed by atoms with van der Waals surface area (Å²) >= 11 is 1.36. The second-order valence-corrected chi connectivity index (χ2v) is 14.8. The highest BCUT2D eigenvalue weighted by Crippen LogP contribution is 2.33. The van der Waals surface area contributed by atoms with Crippen LogP contribution in [-0.2, 0) is 27.6 Å². The molecule has 1 aliphatic heterocycles. The maximum atomic E-state index is 15.2. The number of carboxylic acids is 1. The van der Waals surface area contributed by atoms with Gasteiger partial charge in [-0.2, -0.15) is 13.2 Å². The van der Waals surface area contributed by atoms with E-state index in [1.54, 1.807) is 36.4 Å². The lowest BCUT2D eigenvalue weighted by atomic mass is 9.95. The number of aromatic nitrogens is 2. The van der Waals surface area contributed by atoms with E-state index >= 15 is 4.39 Å². The molecule has 0 radical (unpaired) electrons. The molecule has 8 nitrogen and oxygen atoms in total. The first kappa shape index (κ1) is 36.4. The molecule has 0 spiro atoms. The number of carbonyl (C=O) groups excluding carboxylic acids is 2. The molecular weight excluding hydrogens is 697 g/mol. The van der Waals surface area contributed by atoms with E-state index in [1.807, 2.05) is 26.8 Å². The second-order valence-electron chi connectivity index (χ2n) is 13.7. The third-order valence-corrected chi connectivity index (χ3v) is 10.4. The number of nitrogens with zero attached hydrogens (tertiary/aromatic N) is 3. The molecule has 5 aromatic rings. The molecule has 2 amide bonds. The number of likely N-dealkylation sites (tertiary alicyclic amines) is 1. The lowest BCUT2D eigenvalue weighted by Gasteiger charge is -2.38. The Balaban J connectivity index is 1.15. The molecule has 1 saturated heterocycles. The first-order chi connectivity index (χ1) is 24.6. The SMILES string of the molecule is CC(C)(C)c1ccc(C(=O)N[C@@H](Cc2ccc(-c3ncc(-c4ccc(-c5ccc(C(F)(F)F)cc5)cc4F)cn3)cc2)C(=O)N2CC(C(=O)O)C2)s1. The number of halogens is 4. The van der Waals surface area contributed by atoms with Gasteiger partial charge in [-0.1, -0.05) is 69.3 Å². The fraction of sp³-hybridized carbons (Fsp3) is 0.256. The molecular formula is C39H34F4N4O4S. The Labute approximate surface area is 301 Å². The van der Waals surface area contributed by atoms with E-state index in [4.69, 9.17) is 0 Å². The quantitative estimate of drug-likeness (QED) is 0.149. The van der Waals surface area contributed by atoms with Crippen molar-refractivity contribution in [1.82, 2.24) is 20.2 Å². The molecule has 0 bridgehead atoms. The third-order valence-electron chi connectivity index (χ3n) is 8.84. The Morgan fingerprint density at radius 2 is 1.48 bits per heavy atom. The second kappa shape index (κ2) is 14.3. The van der Waals surface area contributed by atoms with E-state index in [0.29, 0.717) is 33.0 Å². The van der Waals surface area contributed by atoms with Crippen molar-refractivity contribution in [3.8, 4) is 33.6 Å². The molecule has 2 aromatic heterocycles. The van der Waals surface area contributed by atoms with Crippen molar-refractivity contribution >= 4 is 29.1 Å². The first-order valence-electron chi connectivity index (χ1n) is 16.4. The fourth-order valence-electron chi connectivity index (χ4n) is 5.75. The number of hydrogen-bond acceptors (Lipinski definition) is 6. The number of hydrogen-bond donors (Lipinski definition) is 2. The molecule has 1 fully saturated rings. The van der Waals surface area contributed by atoms with Crippen LogP contribution >= 0.6 is 11.3 Å². The molecule has 52 heavy (non-hydrogen) atoms. The lowest BCUT2D eigenvalue weighted by molar-refractivity contribution is -0.153. The van der Waals surface area contributed by atoms with Crippen LogP contribution in [0.4, 0.5) is 17.6 Å². The molecule has 3 aromatic carbocycles. The van der Waals surface area contributed by atoms with E-state index < -0.39 is 35.5 Å². The topological polar surface area (TPSA) is 112 Å². The Morgan fingerprint density at radius 1 is 0.865 bits per heavy atom. The highest BCUT2D eigenvalue weighted by Gasteiger charge is 2.39. The van der Waals surface area contributed by atoms with E-state index in [-0.39, 0.29) is 42.3 Å². The van der Waals surface area contributed by atoms with Crippen molar-refractivity contribution in [3.63, 3.8) is 0 Å². The molecule has 2 N–H and O–H groups in total. The van der Waals surface area contributed by atoms with Crippen LogP contribution in [0.15, 0.2) is 91.3 Å². The average molecular weight is 731 g/mol. The van der Waals surface area contributed by atoms with Crippen molar-refractivity contribution in [2.45, 2.75) is 44.8 Å². The summed E-state index contributed by atoms with van der Waals surface area (Å²) in [7, 11) is 0. The lowest BCUT2D eigenvalue weighted by Crippen LogP contribution is -2.59. The molecule has 1 aliphatic rings. The van der Waals surface area contributed by atoms with Gasteiger partial charge in [0, 0.05) is 53.5 Å². The fourth-order valence-corrected chi connectivity index (χ4v) is 6.72. The Kier molecular flexibility index (Phi) is 10.00. The number of carboxylic acid groups (broad SMARTS) is 1. The minimum absolute atomic E-state index is 0.0766. The minimum atomic E-state index is -4.46. The molecule has 0 saturated carbocycles. The predicted octanol–water partition coefficient (Wildman–Crippen LogP) is 7.88. The van der Waals surface area contributed by atoms with Crippen LogP contribution in [0.2, 0.25) is 0 Å². The largest absolute Gasteiger partial charge is 0.481 e. The molecule has 13 heteroatoms. The molecule has 3 heterocycles. The normalized spacial score (nSPS) is 14.1. The third kappa shape index (κ3) is 8.04. The van der Waals surface area contributed by atoms with Gasteiger partial charge >= 0.3 is 12.1 Å². The maximum absolute atomic E-state index is 15.2. The van der Waals surface area contributed by atoms with Crippen molar-refractivity contribution in [1.29, 1.82) is 0 Å². The number of nitrogens with one attached hydrogen (secondary N) is 1. The summed E-state index contributed by atoms with van der Waals surface area (Å²) in [5, 5.41) is 12.2. The zero-order valence-corrected chi connectivity index (χ0v) is 29.2. The summed E-state index contributed by atoms with van der Waals surface area (Å²) in [5.41, 5.74) is 1.97. The molecule has 0 unspecified atom stereocenters. The Hall–Kier alpha value is -5.43. The van der Waals surface area contributed by atoms with Crippen LogP contribution in [0.1, 0.15) is 46.4 Å². The number of rotatable bonds is 9. The first-order valence-corrected chi connectivity index (χ1v) is 17.2. The van der Waals surface area contributed by atoms with Crippen molar-refractivity contribution in [2.24, 2.45) is 5.92 Å². The van der Waals surface area contributed by atoms with Gasteiger partial charge in [0.2, 0.25) is 5.91 Å². The number of carbonyl (C=O) groups is 3. The summed E-state index contributed by atoms with van der Waals surface area (Å²) in [6.07, 6.45) is -1.35.